The summed E-state index contributed by atoms with van der Waals surface area (Å²) in [5, 5.41) is 0.147. The largest absolute Gasteiger partial charge is 0.486 e. The summed E-state index contributed by atoms with van der Waals surface area (Å²) in [7, 11) is 0. The fourth-order valence-electron chi connectivity index (χ4n) is 3.15. The van der Waals surface area contributed by atoms with Gasteiger partial charge in [-0.3, -0.25) is 14.5 Å². The maximum Gasteiger partial charge on any atom is 0.293 e. The molecule has 3 aromatic carbocycles. The van der Waals surface area contributed by atoms with E-state index in [-0.39, 0.29) is 30.1 Å². The Morgan fingerprint density at radius 2 is 1.64 bits per heavy atom. The lowest BCUT2D eigenvalue weighted by Crippen LogP contribution is -2.27. The summed E-state index contributed by atoms with van der Waals surface area (Å²) in [4.78, 5) is 26.8. The van der Waals surface area contributed by atoms with Crippen molar-refractivity contribution in [2.24, 2.45) is 0 Å². The average Bonchev–Trinajstić information content (AvgIpc) is 3.03. The highest BCUT2D eigenvalue weighted by Gasteiger charge is 2.35. The predicted octanol–water partition coefficient (Wildman–Crippen LogP) is 7.82. The van der Waals surface area contributed by atoms with Crippen LogP contribution in [-0.2, 0) is 17.9 Å². The van der Waals surface area contributed by atoms with Gasteiger partial charge < -0.3 is 4.74 Å². The second kappa shape index (κ2) is 10.4. The summed E-state index contributed by atoms with van der Waals surface area (Å²) in [6.45, 7) is 0.169. The summed E-state index contributed by atoms with van der Waals surface area (Å²) in [5.74, 6) is -0.215. The fourth-order valence-corrected chi connectivity index (χ4v) is 5.64. The van der Waals surface area contributed by atoms with Gasteiger partial charge in [-0.15, -0.1) is 0 Å². The number of amides is 2. The Morgan fingerprint density at radius 1 is 1.00 bits per heavy atom. The third kappa shape index (κ3) is 5.51. The molecule has 3 aromatic rings. The van der Waals surface area contributed by atoms with Crippen molar-refractivity contribution in [1.82, 2.24) is 4.90 Å². The summed E-state index contributed by atoms with van der Waals surface area (Å²) in [6, 6.07) is 17.0. The zero-order valence-corrected chi connectivity index (χ0v) is 21.6. The molecule has 0 aromatic heterocycles. The Kier molecular flexibility index (Phi) is 7.58. The number of carbonyl (C=O) groups excluding carboxylic acids is 2. The van der Waals surface area contributed by atoms with Crippen molar-refractivity contribution < 1.29 is 18.7 Å². The van der Waals surface area contributed by atoms with Crippen LogP contribution in [-0.4, -0.2) is 16.0 Å². The monoisotopic (exact) mass is 609 g/mol. The smallest absolute Gasteiger partial charge is 0.293 e. The Morgan fingerprint density at radius 3 is 2.30 bits per heavy atom. The molecule has 0 bridgehead atoms. The number of carbonyl (C=O) groups is 2. The molecule has 0 spiro atoms. The normalized spacial score (nSPS) is 14.9. The van der Waals surface area contributed by atoms with E-state index in [1.54, 1.807) is 60.7 Å². The van der Waals surface area contributed by atoms with Gasteiger partial charge >= 0.3 is 0 Å². The van der Waals surface area contributed by atoms with Gasteiger partial charge in [0.15, 0.2) is 0 Å². The van der Waals surface area contributed by atoms with Crippen LogP contribution < -0.4 is 4.74 Å². The lowest BCUT2D eigenvalue weighted by atomic mass is 10.2. The predicted molar refractivity (Wildman–Crippen MR) is 136 cm³/mol. The first-order chi connectivity index (χ1) is 15.8. The molecule has 168 valence electrons. The third-order valence-corrected chi connectivity index (χ3v) is 7.26. The molecule has 1 saturated heterocycles. The maximum atomic E-state index is 13.9. The van der Waals surface area contributed by atoms with E-state index < -0.39 is 0 Å². The number of imide groups is 1. The van der Waals surface area contributed by atoms with Crippen LogP contribution in [0, 0.1) is 5.82 Å². The lowest BCUT2D eigenvalue weighted by Gasteiger charge is -2.13. The molecule has 0 saturated carbocycles. The lowest BCUT2D eigenvalue weighted by molar-refractivity contribution is -0.123. The molecule has 2 amide bonds. The third-order valence-electron chi connectivity index (χ3n) is 4.81. The molecule has 0 N–H and O–H groups in total. The van der Waals surface area contributed by atoms with E-state index in [1.807, 2.05) is 0 Å². The van der Waals surface area contributed by atoms with Gasteiger partial charge in [0.05, 0.1) is 20.4 Å². The summed E-state index contributed by atoms with van der Waals surface area (Å²) in [6.07, 6.45) is 1.65. The standard InChI is InChI=1S/C24H15Br2ClFNO3S/c25-17-9-14(10-18(26)22(17)32-13-16-6-2-4-8-20(16)28)11-21-23(30)29(24(31)33-21)12-15-5-1-3-7-19(15)27/h1-11H,12-13H2/b21-11+. The molecule has 0 atom stereocenters. The van der Waals surface area contributed by atoms with E-state index >= 15 is 0 Å². The zero-order chi connectivity index (χ0) is 23.5. The number of hydrogen-bond acceptors (Lipinski definition) is 4. The Balaban J connectivity index is 1.52. The minimum absolute atomic E-state index is 0.0597. The maximum absolute atomic E-state index is 13.9. The van der Waals surface area contributed by atoms with Crippen molar-refractivity contribution in [1.29, 1.82) is 0 Å². The van der Waals surface area contributed by atoms with Crippen LogP contribution in [0.2, 0.25) is 5.02 Å². The zero-order valence-electron chi connectivity index (χ0n) is 16.9. The SMILES string of the molecule is O=C1S/C(=C/c2cc(Br)c(OCc3ccccc3F)c(Br)c2)C(=O)N1Cc1ccccc1Cl. The molecular formula is C24H15Br2ClFNO3S. The summed E-state index contributed by atoms with van der Waals surface area (Å²) in [5.41, 5.74) is 1.83. The molecule has 0 unspecified atom stereocenters. The van der Waals surface area contributed by atoms with Gasteiger partial charge in [0.2, 0.25) is 0 Å². The number of halogens is 4. The van der Waals surface area contributed by atoms with Crippen molar-refractivity contribution in [3.8, 4) is 5.75 Å². The number of thioether (sulfide) groups is 1. The van der Waals surface area contributed by atoms with Gasteiger partial charge in [0.1, 0.15) is 18.2 Å². The molecule has 1 aliphatic heterocycles. The number of hydrogen-bond donors (Lipinski definition) is 0. The van der Waals surface area contributed by atoms with Crippen LogP contribution >= 0.6 is 55.2 Å². The molecule has 1 aliphatic rings. The minimum atomic E-state index is -0.378. The van der Waals surface area contributed by atoms with Crippen molar-refractivity contribution in [2.75, 3.05) is 0 Å². The van der Waals surface area contributed by atoms with Crippen molar-refractivity contribution in [2.45, 2.75) is 13.2 Å². The number of rotatable bonds is 6. The molecule has 0 aliphatic carbocycles. The molecular weight excluding hydrogens is 597 g/mol. The molecule has 0 radical (unpaired) electrons. The first-order valence-electron chi connectivity index (χ1n) is 9.67. The van der Waals surface area contributed by atoms with E-state index in [4.69, 9.17) is 16.3 Å². The molecule has 9 heteroatoms. The first-order valence-corrected chi connectivity index (χ1v) is 12.5. The first kappa shape index (κ1) is 24.0. The van der Waals surface area contributed by atoms with Crippen LogP contribution in [0.15, 0.2) is 74.5 Å². The Hall–Kier alpha value is -2.13. The average molecular weight is 612 g/mol. The second-order valence-electron chi connectivity index (χ2n) is 7.05. The highest BCUT2D eigenvalue weighted by Crippen LogP contribution is 2.38. The molecule has 4 rings (SSSR count). The van der Waals surface area contributed by atoms with Crippen molar-refractivity contribution in [3.05, 3.63) is 102 Å². The van der Waals surface area contributed by atoms with Crippen LogP contribution in [0.25, 0.3) is 6.08 Å². The summed E-state index contributed by atoms with van der Waals surface area (Å²) < 4.78 is 20.9. The highest BCUT2D eigenvalue weighted by molar-refractivity contribution is 9.11. The van der Waals surface area contributed by atoms with Gasteiger partial charge in [-0.25, -0.2) is 4.39 Å². The van der Waals surface area contributed by atoms with Gasteiger partial charge in [0.25, 0.3) is 11.1 Å². The summed E-state index contributed by atoms with van der Waals surface area (Å²) >= 11 is 14.0. The topological polar surface area (TPSA) is 46.6 Å². The van der Waals surface area contributed by atoms with Crippen molar-refractivity contribution >= 4 is 72.4 Å². The highest BCUT2D eigenvalue weighted by atomic mass is 79.9. The number of nitrogens with zero attached hydrogens (tertiary/aromatic N) is 1. The van der Waals surface area contributed by atoms with E-state index in [1.165, 1.54) is 11.0 Å². The van der Waals surface area contributed by atoms with E-state index in [2.05, 4.69) is 31.9 Å². The van der Waals surface area contributed by atoms with E-state index in [0.717, 1.165) is 11.8 Å². The quantitative estimate of drug-likeness (QED) is 0.267. The van der Waals surface area contributed by atoms with Crippen molar-refractivity contribution in [3.63, 3.8) is 0 Å². The second-order valence-corrected chi connectivity index (χ2v) is 10.2. The van der Waals surface area contributed by atoms with Gasteiger partial charge in [0, 0.05) is 10.6 Å². The van der Waals surface area contributed by atoms with E-state index in [0.29, 0.717) is 41.3 Å². The van der Waals surface area contributed by atoms with E-state index in [9.17, 15) is 14.0 Å². The Bertz CT molecular complexity index is 1260. The van der Waals surface area contributed by atoms with Gasteiger partial charge in [-0.05, 0) is 85.1 Å². The van der Waals surface area contributed by atoms with Gasteiger partial charge in [-0.2, -0.15) is 0 Å². The minimum Gasteiger partial charge on any atom is -0.486 e. The van der Waals surface area contributed by atoms with Crippen LogP contribution in [0.1, 0.15) is 16.7 Å². The van der Waals surface area contributed by atoms with Crippen LogP contribution in [0.4, 0.5) is 9.18 Å². The van der Waals surface area contributed by atoms with Crippen LogP contribution in [0.3, 0.4) is 0 Å². The Labute approximate surface area is 216 Å². The van der Waals surface area contributed by atoms with Crippen LogP contribution in [0.5, 0.6) is 5.75 Å². The fraction of sp³-hybridized carbons (Fsp3) is 0.0833. The molecule has 33 heavy (non-hydrogen) atoms. The number of ether oxygens (including phenoxy) is 1. The number of benzene rings is 3. The molecule has 1 heterocycles. The molecule has 4 nitrogen and oxygen atoms in total. The van der Waals surface area contributed by atoms with Gasteiger partial charge in [-0.1, -0.05) is 48.0 Å². The molecule has 1 fully saturated rings.